The number of allylic oxidation sites excluding steroid dienone is 4. The van der Waals surface area contributed by atoms with E-state index < -0.39 is 11.8 Å². The molecule has 0 aromatic heterocycles. The third-order valence-corrected chi connectivity index (χ3v) is 5.08. The van der Waals surface area contributed by atoms with E-state index in [1.807, 2.05) is 55.5 Å². The van der Waals surface area contributed by atoms with Crippen LogP contribution in [-0.2, 0) is 9.59 Å². The third-order valence-electron chi connectivity index (χ3n) is 5.08. The molecule has 2 nitrogen and oxygen atoms in total. The summed E-state index contributed by atoms with van der Waals surface area (Å²) >= 11 is 0. The molecule has 2 aromatic carbocycles. The van der Waals surface area contributed by atoms with Crippen molar-refractivity contribution in [2.45, 2.75) is 13.8 Å². The minimum Gasteiger partial charge on any atom is -0.290 e. The first-order valence-corrected chi connectivity index (χ1v) is 8.21. The highest BCUT2D eigenvalue weighted by atomic mass is 16.2. The highest BCUT2D eigenvalue weighted by Crippen LogP contribution is 2.49. The van der Waals surface area contributed by atoms with E-state index in [2.05, 4.69) is 19.1 Å². The lowest BCUT2D eigenvalue weighted by Crippen LogP contribution is -2.40. The molecule has 0 heterocycles. The SMILES string of the molecule is CC1=CC2C(=O)C(=O)C1C(c1ccccc1C)=C2c1ccccc1. The van der Waals surface area contributed by atoms with E-state index in [9.17, 15) is 9.59 Å². The molecule has 2 bridgehead atoms. The molecular weight excluding hydrogens is 296 g/mol. The number of hydrogen-bond acceptors (Lipinski definition) is 2. The van der Waals surface area contributed by atoms with Gasteiger partial charge in [0.1, 0.15) is 0 Å². The van der Waals surface area contributed by atoms with E-state index in [1.165, 1.54) is 0 Å². The van der Waals surface area contributed by atoms with E-state index in [0.717, 1.165) is 33.4 Å². The fraction of sp³-hybridized carbons (Fsp3) is 0.182. The minimum absolute atomic E-state index is 0.266. The molecule has 2 unspecified atom stereocenters. The second-order valence-corrected chi connectivity index (χ2v) is 6.56. The average molecular weight is 314 g/mol. The summed E-state index contributed by atoms with van der Waals surface area (Å²) in [6.07, 6.45) is 1.97. The van der Waals surface area contributed by atoms with Crippen LogP contribution in [-0.4, -0.2) is 11.6 Å². The zero-order chi connectivity index (χ0) is 16.8. The number of rotatable bonds is 2. The molecule has 3 aliphatic carbocycles. The molecule has 5 rings (SSSR count). The summed E-state index contributed by atoms with van der Waals surface area (Å²) in [7, 11) is 0. The summed E-state index contributed by atoms with van der Waals surface area (Å²) in [5.74, 6) is -1.45. The van der Waals surface area contributed by atoms with Crippen LogP contribution in [0.2, 0.25) is 0 Å². The van der Waals surface area contributed by atoms with Crippen molar-refractivity contribution < 1.29 is 9.59 Å². The molecule has 0 fully saturated rings. The molecule has 0 amide bonds. The molecule has 0 radical (unpaired) electrons. The Morgan fingerprint density at radius 1 is 0.750 bits per heavy atom. The normalized spacial score (nSPS) is 22.8. The molecule has 0 spiro atoms. The Morgan fingerprint density at radius 3 is 2.12 bits per heavy atom. The van der Waals surface area contributed by atoms with Crippen LogP contribution in [0.15, 0.2) is 66.2 Å². The fourth-order valence-electron chi connectivity index (χ4n) is 3.96. The smallest absolute Gasteiger partial charge is 0.210 e. The fourth-order valence-corrected chi connectivity index (χ4v) is 3.96. The van der Waals surface area contributed by atoms with Crippen LogP contribution in [0.25, 0.3) is 11.1 Å². The maximum Gasteiger partial charge on any atom is 0.210 e. The zero-order valence-electron chi connectivity index (χ0n) is 13.7. The Bertz CT molecular complexity index is 916. The second kappa shape index (κ2) is 5.41. The molecule has 2 heteroatoms. The number of fused-ring (bicyclic) bond motifs is 1. The van der Waals surface area contributed by atoms with Gasteiger partial charge in [0.05, 0.1) is 11.8 Å². The van der Waals surface area contributed by atoms with Gasteiger partial charge >= 0.3 is 0 Å². The Kier molecular flexibility index (Phi) is 3.34. The Morgan fingerprint density at radius 2 is 1.42 bits per heavy atom. The predicted octanol–water partition coefficient (Wildman–Crippen LogP) is 4.25. The number of carbonyl (C=O) groups is 2. The monoisotopic (exact) mass is 314 g/mol. The van der Waals surface area contributed by atoms with Gasteiger partial charge in [-0.25, -0.2) is 0 Å². The van der Waals surface area contributed by atoms with Crippen molar-refractivity contribution in [3.05, 3.63) is 82.9 Å². The largest absolute Gasteiger partial charge is 0.290 e. The van der Waals surface area contributed by atoms with Crippen LogP contribution >= 0.6 is 0 Å². The summed E-state index contributed by atoms with van der Waals surface area (Å²) in [5, 5.41) is 0. The molecule has 3 aliphatic rings. The highest BCUT2D eigenvalue weighted by Gasteiger charge is 2.47. The topological polar surface area (TPSA) is 34.1 Å². The van der Waals surface area contributed by atoms with Gasteiger partial charge in [0.2, 0.25) is 11.6 Å². The van der Waals surface area contributed by atoms with E-state index in [-0.39, 0.29) is 11.6 Å². The first kappa shape index (κ1) is 14.8. The van der Waals surface area contributed by atoms with E-state index >= 15 is 0 Å². The van der Waals surface area contributed by atoms with Crippen LogP contribution in [0.4, 0.5) is 0 Å². The quantitative estimate of drug-likeness (QED) is 0.613. The Balaban J connectivity index is 2.06. The van der Waals surface area contributed by atoms with Crippen LogP contribution in [0.1, 0.15) is 23.6 Å². The number of aryl methyl sites for hydroxylation is 1. The van der Waals surface area contributed by atoms with Gasteiger partial charge in [-0.05, 0) is 41.7 Å². The van der Waals surface area contributed by atoms with Gasteiger partial charge in [-0.2, -0.15) is 0 Å². The van der Waals surface area contributed by atoms with E-state index in [0.29, 0.717) is 0 Å². The molecule has 24 heavy (non-hydrogen) atoms. The molecule has 2 atom stereocenters. The van der Waals surface area contributed by atoms with Crippen molar-refractivity contribution in [2.75, 3.05) is 0 Å². The molecule has 0 saturated carbocycles. The first-order chi connectivity index (χ1) is 11.6. The second-order valence-electron chi connectivity index (χ2n) is 6.56. The highest BCUT2D eigenvalue weighted by molar-refractivity contribution is 6.47. The summed E-state index contributed by atoms with van der Waals surface area (Å²) in [5.41, 5.74) is 6.21. The van der Waals surface area contributed by atoms with Crippen molar-refractivity contribution in [1.82, 2.24) is 0 Å². The first-order valence-electron chi connectivity index (χ1n) is 8.21. The van der Waals surface area contributed by atoms with Gasteiger partial charge < -0.3 is 0 Å². The summed E-state index contributed by atoms with van der Waals surface area (Å²) < 4.78 is 0. The lowest BCUT2D eigenvalue weighted by Gasteiger charge is -2.37. The summed E-state index contributed by atoms with van der Waals surface area (Å²) in [4.78, 5) is 25.2. The van der Waals surface area contributed by atoms with Crippen LogP contribution in [0.3, 0.4) is 0 Å². The molecule has 0 aliphatic heterocycles. The maximum atomic E-state index is 12.6. The third kappa shape index (κ3) is 2.03. The maximum absolute atomic E-state index is 12.6. The zero-order valence-corrected chi connectivity index (χ0v) is 13.7. The summed E-state index contributed by atoms with van der Waals surface area (Å²) in [6.45, 7) is 4.01. The molecule has 0 saturated heterocycles. The number of hydrogen-bond donors (Lipinski definition) is 0. The van der Waals surface area contributed by atoms with Crippen molar-refractivity contribution in [3.63, 3.8) is 0 Å². The van der Waals surface area contributed by atoms with Crippen molar-refractivity contribution >= 4 is 22.7 Å². The summed E-state index contributed by atoms with van der Waals surface area (Å²) in [6, 6.07) is 18.1. The van der Waals surface area contributed by atoms with Crippen LogP contribution < -0.4 is 0 Å². The van der Waals surface area contributed by atoms with Crippen molar-refractivity contribution in [1.29, 1.82) is 0 Å². The number of Topliss-reactive ketones (excluding diaryl/α,β-unsaturated/α-hetero) is 2. The van der Waals surface area contributed by atoms with Gasteiger partial charge in [-0.15, -0.1) is 0 Å². The van der Waals surface area contributed by atoms with Gasteiger partial charge in [0.25, 0.3) is 0 Å². The molecular formula is C22H18O2. The minimum atomic E-state index is -0.459. The Labute approximate surface area is 141 Å². The number of carbonyl (C=O) groups excluding carboxylic acids is 2. The molecule has 2 aromatic rings. The van der Waals surface area contributed by atoms with Crippen molar-refractivity contribution in [2.24, 2.45) is 11.8 Å². The van der Waals surface area contributed by atoms with Crippen LogP contribution in [0, 0.1) is 18.8 Å². The van der Waals surface area contributed by atoms with Gasteiger partial charge in [0, 0.05) is 0 Å². The van der Waals surface area contributed by atoms with Gasteiger partial charge in [-0.3, -0.25) is 9.59 Å². The lowest BCUT2D eigenvalue weighted by molar-refractivity contribution is -0.139. The van der Waals surface area contributed by atoms with Crippen LogP contribution in [0.5, 0.6) is 0 Å². The van der Waals surface area contributed by atoms with Gasteiger partial charge in [0.15, 0.2) is 0 Å². The van der Waals surface area contributed by atoms with E-state index in [1.54, 1.807) is 0 Å². The molecule has 0 N–H and O–H groups in total. The van der Waals surface area contributed by atoms with Crippen molar-refractivity contribution in [3.8, 4) is 0 Å². The standard InChI is InChI=1S/C22H18O2/c1-13-8-6-7-11-16(13)20-18-14(2)12-17(21(23)22(18)24)19(20)15-9-4-3-5-10-15/h3-12,17-18H,1-2H3. The molecule has 118 valence electrons. The number of benzene rings is 2. The number of ketones is 2. The predicted molar refractivity (Wildman–Crippen MR) is 95.2 cm³/mol. The lowest BCUT2D eigenvalue weighted by atomic mass is 9.63. The van der Waals surface area contributed by atoms with E-state index in [4.69, 9.17) is 0 Å². The van der Waals surface area contributed by atoms with Gasteiger partial charge in [-0.1, -0.05) is 66.2 Å². The average Bonchev–Trinajstić information content (AvgIpc) is 2.59. The Hall–Kier alpha value is -2.74.